The molecular weight excluding hydrogens is 240 g/mol. The minimum Gasteiger partial charge on any atom is -0.410 e. The Bertz CT molecular complexity index is 337. The van der Waals surface area contributed by atoms with Gasteiger partial charge in [0.25, 0.3) is 0 Å². The number of hydrogen-bond acceptors (Lipinski definition) is 2. The lowest BCUT2D eigenvalue weighted by Crippen LogP contribution is -2.45. The molecule has 0 radical (unpaired) electrons. The van der Waals surface area contributed by atoms with E-state index >= 15 is 0 Å². The van der Waals surface area contributed by atoms with Crippen molar-refractivity contribution in [1.82, 2.24) is 0 Å². The first-order valence-corrected chi connectivity index (χ1v) is 9.77. The molecule has 0 aromatic rings. The highest BCUT2D eigenvalue weighted by molar-refractivity contribution is 6.74. The predicted octanol–water partition coefficient (Wildman–Crippen LogP) is 4.04. The second-order valence-electron chi connectivity index (χ2n) is 6.70. The van der Waals surface area contributed by atoms with Gasteiger partial charge in [0.2, 0.25) is 0 Å². The third-order valence-corrected chi connectivity index (χ3v) is 8.78. The van der Waals surface area contributed by atoms with Gasteiger partial charge >= 0.3 is 0 Å². The zero-order valence-electron chi connectivity index (χ0n) is 12.5. The lowest BCUT2D eigenvalue weighted by atomic mass is 9.88. The molecule has 1 aliphatic carbocycles. The Morgan fingerprint density at radius 3 is 2.56 bits per heavy atom. The van der Waals surface area contributed by atoms with Gasteiger partial charge < -0.3 is 9.53 Å². The molecule has 1 saturated carbocycles. The summed E-state index contributed by atoms with van der Waals surface area (Å²) in [4.78, 5) is 0. The van der Waals surface area contributed by atoms with Crippen molar-refractivity contribution in [2.24, 2.45) is 0 Å². The predicted molar refractivity (Wildman–Crippen MR) is 80.2 cm³/mol. The molecule has 0 spiro atoms. The molecule has 1 atom stereocenters. The fourth-order valence-corrected chi connectivity index (χ4v) is 3.35. The Morgan fingerprint density at radius 2 is 2.06 bits per heavy atom. The molecule has 1 rings (SSSR count). The van der Waals surface area contributed by atoms with Crippen molar-refractivity contribution >= 4 is 8.32 Å². The molecule has 0 unspecified atom stereocenters. The summed E-state index contributed by atoms with van der Waals surface area (Å²) in [6.45, 7) is 15.6. The molecule has 0 aromatic heterocycles. The van der Waals surface area contributed by atoms with Crippen molar-refractivity contribution in [2.45, 2.75) is 64.3 Å². The van der Waals surface area contributed by atoms with Gasteiger partial charge in [-0.25, -0.2) is 0 Å². The summed E-state index contributed by atoms with van der Waals surface area (Å²) in [5.74, 6) is 0. The third-order valence-electron chi connectivity index (χ3n) is 4.29. The van der Waals surface area contributed by atoms with Crippen molar-refractivity contribution in [3.05, 3.63) is 23.8 Å². The molecule has 0 aliphatic heterocycles. The summed E-state index contributed by atoms with van der Waals surface area (Å²) in [6.07, 6.45) is 5.25. The number of aliphatic hydroxyl groups excluding tert-OH is 1. The summed E-state index contributed by atoms with van der Waals surface area (Å²) in [5.41, 5.74) is 2.27. The van der Waals surface area contributed by atoms with Crippen LogP contribution in [0.3, 0.4) is 0 Å². The van der Waals surface area contributed by atoms with Gasteiger partial charge in [-0.05, 0) is 48.5 Å². The van der Waals surface area contributed by atoms with Crippen LogP contribution in [0.25, 0.3) is 0 Å². The van der Waals surface area contributed by atoms with E-state index in [1.54, 1.807) is 0 Å². The SMILES string of the molecule is C=C1/C(=C/CO)CCC[C@@H]1O[Si](C)(C)C(C)(C)C. The zero-order valence-corrected chi connectivity index (χ0v) is 13.5. The zero-order chi connectivity index (χ0) is 14.0. The fraction of sp³-hybridized carbons (Fsp3) is 0.733. The first-order chi connectivity index (χ1) is 8.19. The highest BCUT2D eigenvalue weighted by Crippen LogP contribution is 2.40. The van der Waals surface area contributed by atoms with Gasteiger partial charge in [0.1, 0.15) is 0 Å². The van der Waals surface area contributed by atoms with E-state index in [1.807, 2.05) is 6.08 Å². The minimum atomic E-state index is -1.74. The number of hydrogen-bond donors (Lipinski definition) is 1. The second-order valence-corrected chi connectivity index (χ2v) is 11.5. The Balaban J connectivity index is 2.79. The van der Waals surface area contributed by atoms with Crippen LogP contribution in [0.4, 0.5) is 0 Å². The molecule has 2 nitrogen and oxygen atoms in total. The Labute approximate surface area is 113 Å². The highest BCUT2D eigenvalue weighted by Gasteiger charge is 2.40. The van der Waals surface area contributed by atoms with Crippen LogP contribution >= 0.6 is 0 Å². The average molecular weight is 268 g/mol. The molecular formula is C15H28O2Si. The van der Waals surface area contributed by atoms with Crippen LogP contribution in [0.15, 0.2) is 23.8 Å². The van der Waals surface area contributed by atoms with Crippen LogP contribution in [-0.4, -0.2) is 26.1 Å². The maximum atomic E-state index is 9.03. The van der Waals surface area contributed by atoms with Crippen LogP contribution in [0.5, 0.6) is 0 Å². The minimum absolute atomic E-state index is 0.0984. The molecule has 18 heavy (non-hydrogen) atoms. The van der Waals surface area contributed by atoms with Gasteiger partial charge in [-0.3, -0.25) is 0 Å². The van der Waals surface area contributed by atoms with E-state index < -0.39 is 8.32 Å². The molecule has 3 heteroatoms. The Kier molecular flexibility index (Phi) is 4.98. The van der Waals surface area contributed by atoms with Crippen LogP contribution < -0.4 is 0 Å². The number of aliphatic hydroxyl groups is 1. The van der Waals surface area contributed by atoms with Crippen LogP contribution in [0, 0.1) is 0 Å². The molecule has 1 aliphatic rings. The largest absolute Gasteiger partial charge is 0.410 e. The standard InChI is InChI=1S/C15H28O2Si/c1-12-13(10-11-16)8-7-9-14(12)17-18(5,6)15(2,3)4/h10,14,16H,1,7-9,11H2,2-6H3/b13-10+/t14-/m0/s1. The number of rotatable bonds is 3. The maximum Gasteiger partial charge on any atom is 0.192 e. The summed E-state index contributed by atoms with van der Waals surface area (Å²) < 4.78 is 6.45. The van der Waals surface area contributed by atoms with E-state index in [1.165, 1.54) is 5.57 Å². The van der Waals surface area contributed by atoms with Gasteiger partial charge in [-0.1, -0.05) is 33.4 Å². The van der Waals surface area contributed by atoms with Gasteiger partial charge in [-0.2, -0.15) is 0 Å². The smallest absolute Gasteiger partial charge is 0.192 e. The third kappa shape index (κ3) is 3.56. The summed E-state index contributed by atoms with van der Waals surface area (Å²) in [6, 6.07) is 0. The Hall–Kier alpha value is -0.383. The van der Waals surface area contributed by atoms with Crippen molar-refractivity contribution in [2.75, 3.05) is 6.61 Å². The van der Waals surface area contributed by atoms with Crippen molar-refractivity contribution < 1.29 is 9.53 Å². The lowest BCUT2D eigenvalue weighted by Gasteiger charge is -2.41. The summed E-state index contributed by atoms with van der Waals surface area (Å²) in [7, 11) is -1.74. The fourth-order valence-electron chi connectivity index (χ4n) is 2.03. The molecule has 104 valence electrons. The van der Waals surface area contributed by atoms with Crippen molar-refractivity contribution in [3.63, 3.8) is 0 Å². The van der Waals surface area contributed by atoms with Crippen LogP contribution in [0.2, 0.25) is 18.1 Å². The molecule has 0 amide bonds. The monoisotopic (exact) mass is 268 g/mol. The summed E-state index contributed by atoms with van der Waals surface area (Å²) >= 11 is 0. The van der Waals surface area contributed by atoms with E-state index in [4.69, 9.17) is 9.53 Å². The quantitative estimate of drug-likeness (QED) is 0.783. The van der Waals surface area contributed by atoms with Gasteiger partial charge in [0, 0.05) is 0 Å². The summed E-state index contributed by atoms with van der Waals surface area (Å²) in [5, 5.41) is 9.26. The van der Waals surface area contributed by atoms with E-state index in [-0.39, 0.29) is 17.7 Å². The second kappa shape index (κ2) is 5.72. The molecule has 1 N–H and O–H groups in total. The van der Waals surface area contributed by atoms with E-state index in [0.717, 1.165) is 24.8 Å². The normalized spacial score (nSPS) is 24.7. The Morgan fingerprint density at radius 1 is 1.44 bits per heavy atom. The van der Waals surface area contributed by atoms with Crippen LogP contribution in [0.1, 0.15) is 40.0 Å². The molecule has 0 aromatic carbocycles. The van der Waals surface area contributed by atoms with Crippen molar-refractivity contribution in [3.8, 4) is 0 Å². The molecule has 0 bridgehead atoms. The lowest BCUT2D eigenvalue weighted by molar-refractivity contribution is 0.194. The van der Waals surface area contributed by atoms with Gasteiger partial charge in [0.15, 0.2) is 8.32 Å². The van der Waals surface area contributed by atoms with Gasteiger partial charge in [-0.15, -0.1) is 0 Å². The first-order valence-electron chi connectivity index (χ1n) is 6.86. The van der Waals surface area contributed by atoms with Crippen molar-refractivity contribution in [1.29, 1.82) is 0 Å². The van der Waals surface area contributed by atoms with E-state index in [2.05, 4.69) is 40.4 Å². The highest BCUT2D eigenvalue weighted by atomic mass is 28.4. The molecule has 1 fully saturated rings. The molecule has 0 heterocycles. The van der Waals surface area contributed by atoms with Gasteiger partial charge in [0.05, 0.1) is 12.7 Å². The first kappa shape index (κ1) is 15.7. The maximum absolute atomic E-state index is 9.03. The van der Waals surface area contributed by atoms with E-state index in [0.29, 0.717) is 0 Å². The topological polar surface area (TPSA) is 29.5 Å². The van der Waals surface area contributed by atoms with Crippen LogP contribution in [-0.2, 0) is 4.43 Å². The van der Waals surface area contributed by atoms with E-state index in [9.17, 15) is 0 Å². The molecule has 0 saturated heterocycles. The average Bonchev–Trinajstić information content (AvgIpc) is 2.22.